The lowest BCUT2D eigenvalue weighted by Gasteiger charge is -2.23. The van der Waals surface area contributed by atoms with Crippen LogP contribution in [0.2, 0.25) is 0 Å². The van der Waals surface area contributed by atoms with Gasteiger partial charge in [-0.15, -0.1) is 0 Å². The molecule has 2 aliphatic rings. The Kier molecular flexibility index (Phi) is 3.90. The molecule has 0 aliphatic heterocycles. The van der Waals surface area contributed by atoms with E-state index in [0.717, 1.165) is 12.5 Å². The Hall–Kier alpha value is -0.860. The Labute approximate surface area is 116 Å². The normalized spacial score (nSPS) is 28.5. The van der Waals surface area contributed by atoms with Crippen LogP contribution < -0.4 is 5.32 Å². The molecule has 0 aromatic heterocycles. The standard InChI is InChI=1S/C17H25NO/c19-13-17(9-10-17)12-18-16-8-4-7-15(16)11-14-5-2-1-3-6-14/h1-3,5-6,15-16,18-19H,4,7-13H2. The van der Waals surface area contributed by atoms with Gasteiger partial charge in [-0.3, -0.25) is 0 Å². The van der Waals surface area contributed by atoms with E-state index in [1.54, 1.807) is 0 Å². The van der Waals surface area contributed by atoms with Crippen LogP contribution in [0.3, 0.4) is 0 Å². The van der Waals surface area contributed by atoms with Gasteiger partial charge in [0.15, 0.2) is 0 Å². The molecule has 2 atom stereocenters. The Morgan fingerprint density at radius 2 is 1.95 bits per heavy atom. The molecule has 2 fully saturated rings. The van der Waals surface area contributed by atoms with E-state index in [9.17, 15) is 5.11 Å². The maximum atomic E-state index is 9.39. The number of benzene rings is 1. The van der Waals surface area contributed by atoms with E-state index >= 15 is 0 Å². The SMILES string of the molecule is OCC1(CNC2CCCC2Cc2ccccc2)CC1. The summed E-state index contributed by atoms with van der Waals surface area (Å²) in [6.45, 7) is 1.37. The van der Waals surface area contributed by atoms with E-state index < -0.39 is 0 Å². The highest BCUT2D eigenvalue weighted by molar-refractivity contribution is 5.16. The Morgan fingerprint density at radius 3 is 2.63 bits per heavy atom. The van der Waals surface area contributed by atoms with E-state index in [2.05, 4.69) is 35.6 Å². The van der Waals surface area contributed by atoms with Crippen molar-refractivity contribution in [3.05, 3.63) is 35.9 Å². The fourth-order valence-corrected chi connectivity index (χ4v) is 3.38. The summed E-state index contributed by atoms with van der Waals surface area (Å²) in [6.07, 6.45) is 7.60. The van der Waals surface area contributed by atoms with Crippen molar-refractivity contribution in [3.63, 3.8) is 0 Å². The van der Waals surface area contributed by atoms with E-state index in [-0.39, 0.29) is 5.41 Å². The van der Waals surface area contributed by atoms with Crippen LogP contribution in [0.25, 0.3) is 0 Å². The fraction of sp³-hybridized carbons (Fsp3) is 0.647. The lowest BCUT2D eigenvalue weighted by Crippen LogP contribution is -2.38. The molecule has 2 N–H and O–H groups in total. The molecule has 0 bridgehead atoms. The summed E-state index contributed by atoms with van der Waals surface area (Å²) >= 11 is 0. The summed E-state index contributed by atoms with van der Waals surface area (Å²) in [7, 11) is 0. The van der Waals surface area contributed by atoms with Crippen LogP contribution in [0.4, 0.5) is 0 Å². The van der Waals surface area contributed by atoms with Crippen molar-refractivity contribution in [2.75, 3.05) is 13.2 Å². The molecule has 19 heavy (non-hydrogen) atoms. The predicted octanol–water partition coefficient (Wildman–Crippen LogP) is 2.76. The number of aliphatic hydroxyl groups excluding tert-OH is 1. The number of rotatable bonds is 6. The molecule has 2 unspecified atom stereocenters. The van der Waals surface area contributed by atoms with Crippen LogP contribution >= 0.6 is 0 Å². The summed E-state index contributed by atoms with van der Waals surface area (Å²) in [5.41, 5.74) is 1.70. The minimum absolute atomic E-state index is 0.236. The molecule has 1 aromatic rings. The molecule has 2 heteroatoms. The summed E-state index contributed by atoms with van der Waals surface area (Å²) in [5.74, 6) is 0.775. The smallest absolute Gasteiger partial charge is 0.0499 e. The third-order valence-corrected chi connectivity index (χ3v) is 5.03. The lowest BCUT2D eigenvalue weighted by molar-refractivity contribution is 0.200. The van der Waals surface area contributed by atoms with E-state index in [0.29, 0.717) is 12.6 Å². The molecule has 0 amide bonds. The van der Waals surface area contributed by atoms with Crippen molar-refractivity contribution >= 4 is 0 Å². The molecular formula is C17H25NO. The van der Waals surface area contributed by atoms with Gasteiger partial charge in [-0.05, 0) is 43.6 Å². The molecule has 1 aromatic carbocycles. The van der Waals surface area contributed by atoms with Gasteiger partial charge in [-0.25, -0.2) is 0 Å². The van der Waals surface area contributed by atoms with Gasteiger partial charge in [-0.1, -0.05) is 36.8 Å². The number of nitrogens with one attached hydrogen (secondary N) is 1. The second kappa shape index (κ2) is 5.64. The van der Waals surface area contributed by atoms with Crippen molar-refractivity contribution in [1.82, 2.24) is 5.32 Å². The third kappa shape index (κ3) is 3.18. The van der Waals surface area contributed by atoms with Crippen molar-refractivity contribution in [1.29, 1.82) is 0 Å². The first kappa shape index (κ1) is 13.1. The van der Waals surface area contributed by atoms with Gasteiger partial charge in [-0.2, -0.15) is 0 Å². The third-order valence-electron chi connectivity index (χ3n) is 5.03. The molecule has 0 spiro atoms. The van der Waals surface area contributed by atoms with Gasteiger partial charge >= 0.3 is 0 Å². The highest BCUT2D eigenvalue weighted by Gasteiger charge is 2.42. The average Bonchev–Trinajstić information content (AvgIpc) is 3.11. The Balaban J connectivity index is 1.53. The molecule has 0 heterocycles. The molecule has 0 saturated heterocycles. The Bertz CT molecular complexity index is 399. The van der Waals surface area contributed by atoms with Crippen molar-refractivity contribution in [3.8, 4) is 0 Å². The van der Waals surface area contributed by atoms with Crippen molar-refractivity contribution in [2.24, 2.45) is 11.3 Å². The zero-order valence-corrected chi connectivity index (χ0v) is 11.6. The van der Waals surface area contributed by atoms with E-state index in [4.69, 9.17) is 0 Å². The zero-order chi connectivity index (χ0) is 13.1. The van der Waals surface area contributed by atoms with Gasteiger partial charge in [0.2, 0.25) is 0 Å². The lowest BCUT2D eigenvalue weighted by atomic mass is 9.94. The van der Waals surface area contributed by atoms with E-state index in [1.165, 1.54) is 44.1 Å². The fourth-order valence-electron chi connectivity index (χ4n) is 3.38. The number of hydrogen-bond donors (Lipinski definition) is 2. The monoisotopic (exact) mass is 259 g/mol. The second-order valence-electron chi connectivity index (χ2n) is 6.53. The molecule has 0 radical (unpaired) electrons. The van der Waals surface area contributed by atoms with Crippen LogP contribution in [-0.4, -0.2) is 24.3 Å². The Morgan fingerprint density at radius 1 is 1.16 bits per heavy atom. The molecule has 2 aliphatic carbocycles. The van der Waals surface area contributed by atoms with Crippen LogP contribution in [0, 0.1) is 11.3 Å². The highest BCUT2D eigenvalue weighted by atomic mass is 16.3. The summed E-state index contributed by atoms with van der Waals surface area (Å²) < 4.78 is 0. The van der Waals surface area contributed by atoms with Crippen LogP contribution in [0.1, 0.15) is 37.7 Å². The summed E-state index contributed by atoms with van der Waals surface area (Å²) in [4.78, 5) is 0. The largest absolute Gasteiger partial charge is 0.396 e. The van der Waals surface area contributed by atoms with Gasteiger partial charge in [0, 0.05) is 24.6 Å². The van der Waals surface area contributed by atoms with E-state index in [1.807, 2.05) is 0 Å². The van der Waals surface area contributed by atoms with Gasteiger partial charge in [0.1, 0.15) is 0 Å². The quantitative estimate of drug-likeness (QED) is 0.823. The first-order chi connectivity index (χ1) is 9.31. The molecule has 104 valence electrons. The minimum Gasteiger partial charge on any atom is -0.396 e. The number of hydrogen-bond acceptors (Lipinski definition) is 2. The first-order valence-corrected chi connectivity index (χ1v) is 7.69. The maximum Gasteiger partial charge on any atom is 0.0499 e. The topological polar surface area (TPSA) is 32.3 Å². The van der Waals surface area contributed by atoms with Crippen molar-refractivity contribution < 1.29 is 5.11 Å². The molecule has 3 rings (SSSR count). The van der Waals surface area contributed by atoms with Crippen LogP contribution in [0.15, 0.2) is 30.3 Å². The van der Waals surface area contributed by atoms with Crippen molar-refractivity contribution in [2.45, 2.75) is 44.6 Å². The summed E-state index contributed by atoms with van der Waals surface area (Å²) in [6, 6.07) is 11.5. The minimum atomic E-state index is 0.236. The van der Waals surface area contributed by atoms with Gasteiger partial charge in [0.25, 0.3) is 0 Å². The number of aliphatic hydroxyl groups is 1. The zero-order valence-electron chi connectivity index (χ0n) is 11.6. The van der Waals surface area contributed by atoms with Crippen LogP contribution in [-0.2, 0) is 6.42 Å². The first-order valence-electron chi connectivity index (χ1n) is 7.69. The predicted molar refractivity (Wildman–Crippen MR) is 78.0 cm³/mol. The summed E-state index contributed by atoms with van der Waals surface area (Å²) in [5, 5.41) is 13.1. The van der Waals surface area contributed by atoms with Gasteiger partial charge in [0.05, 0.1) is 0 Å². The maximum absolute atomic E-state index is 9.39. The highest BCUT2D eigenvalue weighted by Crippen LogP contribution is 2.44. The van der Waals surface area contributed by atoms with Gasteiger partial charge < -0.3 is 10.4 Å². The van der Waals surface area contributed by atoms with Crippen LogP contribution in [0.5, 0.6) is 0 Å². The molecule has 2 saturated carbocycles. The molecule has 2 nitrogen and oxygen atoms in total. The second-order valence-corrected chi connectivity index (χ2v) is 6.53. The molecular weight excluding hydrogens is 234 g/mol. The average molecular weight is 259 g/mol.